The fraction of sp³-hybridized carbons (Fsp3) is 0.333. The molecule has 3 rings (SSSR count). The van der Waals surface area contributed by atoms with Crippen LogP contribution in [0.4, 0.5) is 19.0 Å². The molecule has 162 valence electrons. The van der Waals surface area contributed by atoms with E-state index in [-0.39, 0.29) is 40.3 Å². The molecule has 0 bridgehead atoms. The Bertz CT molecular complexity index is 1090. The predicted octanol–water partition coefficient (Wildman–Crippen LogP) is 3.72. The lowest BCUT2D eigenvalue weighted by Crippen LogP contribution is -2.49. The number of alkyl halides is 3. The second-order valence-corrected chi connectivity index (χ2v) is 10.3. The number of halogens is 5. The third-order valence-corrected chi connectivity index (χ3v) is 6.94. The first-order valence-electron chi connectivity index (χ1n) is 8.64. The number of benzene rings is 1. The Labute approximate surface area is 190 Å². The van der Waals surface area contributed by atoms with Crippen LogP contribution in [0.5, 0.6) is 0 Å². The Morgan fingerprint density at radius 2 is 1.80 bits per heavy atom. The minimum Gasteiger partial charge on any atom is -0.352 e. The Hall–Kier alpha value is -1.60. The van der Waals surface area contributed by atoms with Crippen LogP contribution < -0.4 is 4.90 Å². The molecular weight excluding hydrogens is 558 g/mol. The highest BCUT2D eigenvalue weighted by molar-refractivity contribution is 14.1. The molecular formula is C18H16ClF3IN3O3S. The third-order valence-electron chi connectivity index (χ3n) is 4.61. The summed E-state index contributed by atoms with van der Waals surface area (Å²) in [6.07, 6.45) is -2.72. The van der Waals surface area contributed by atoms with Crippen molar-refractivity contribution in [2.45, 2.75) is 11.1 Å². The Morgan fingerprint density at radius 1 is 1.17 bits per heavy atom. The number of carbonyl (C=O) groups excluding carboxylic acids is 1. The molecule has 30 heavy (non-hydrogen) atoms. The zero-order chi connectivity index (χ0) is 22.3. The lowest BCUT2D eigenvalue weighted by atomic mass is 10.2. The van der Waals surface area contributed by atoms with Crippen molar-refractivity contribution in [1.29, 1.82) is 0 Å². The van der Waals surface area contributed by atoms with Crippen LogP contribution in [0.15, 0.2) is 35.4 Å². The van der Waals surface area contributed by atoms with E-state index < -0.39 is 21.6 Å². The van der Waals surface area contributed by atoms with Crippen LogP contribution in [0.2, 0.25) is 5.02 Å². The summed E-state index contributed by atoms with van der Waals surface area (Å²) in [4.78, 5) is 20.1. The van der Waals surface area contributed by atoms with Crippen LogP contribution in [0, 0.1) is 3.57 Å². The maximum absolute atomic E-state index is 12.9. The molecule has 1 aromatic carbocycles. The number of piperazine rings is 1. The lowest BCUT2D eigenvalue weighted by Gasteiger charge is -2.36. The number of pyridine rings is 1. The average Bonchev–Trinajstić information content (AvgIpc) is 2.66. The van der Waals surface area contributed by atoms with Gasteiger partial charge in [-0.05, 0) is 46.9 Å². The van der Waals surface area contributed by atoms with Crippen molar-refractivity contribution in [1.82, 2.24) is 9.88 Å². The summed E-state index contributed by atoms with van der Waals surface area (Å²) in [6.45, 7) is 1.23. The molecule has 0 spiro atoms. The number of rotatable bonds is 3. The average molecular weight is 574 g/mol. The second kappa shape index (κ2) is 8.50. The number of sulfone groups is 1. The van der Waals surface area contributed by atoms with Gasteiger partial charge in [-0.3, -0.25) is 4.79 Å². The van der Waals surface area contributed by atoms with Gasteiger partial charge in [0.15, 0.2) is 9.84 Å². The van der Waals surface area contributed by atoms with Crippen LogP contribution in [0.25, 0.3) is 0 Å². The molecule has 6 nitrogen and oxygen atoms in total. The van der Waals surface area contributed by atoms with Gasteiger partial charge in [0.05, 0.1) is 21.0 Å². The largest absolute Gasteiger partial charge is 0.417 e. The van der Waals surface area contributed by atoms with E-state index in [0.717, 1.165) is 18.5 Å². The third kappa shape index (κ3) is 4.99. The molecule has 1 aliphatic heterocycles. The summed E-state index contributed by atoms with van der Waals surface area (Å²) in [5.74, 6) is -0.0820. The van der Waals surface area contributed by atoms with Crippen molar-refractivity contribution >= 4 is 55.8 Å². The van der Waals surface area contributed by atoms with Gasteiger partial charge in [0.25, 0.3) is 5.91 Å². The maximum atomic E-state index is 12.9. The summed E-state index contributed by atoms with van der Waals surface area (Å²) in [6, 6.07) is 5.22. The summed E-state index contributed by atoms with van der Waals surface area (Å²) in [5.41, 5.74) is -0.636. The van der Waals surface area contributed by atoms with Gasteiger partial charge in [0.2, 0.25) is 0 Å². The van der Waals surface area contributed by atoms with E-state index >= 15 is 0 Å². The zero-order valence-corrected chi connectivity index (χ0v) is 19.3. The summed E-state index contributed by atoms with van der Waals surface area (Å²) >= 11 is 7.97. The number of hydrogen-bond acceptors (Lipinski definition) is 5. The van der Waals surface area contributed by atoms with E-state index in [0.29, 0.717) is 16.7 Å². The van der Waals surface area contributed by atoms with E-state index in [1.165, 1.54) is 12.1 Å². The number of hydrogen-bond donors (Lipinski definition) is 0. The fourth-order valence-corrected chi connectivity index (χ4v) is 4.51. The molecule has 1 saturated heterocycles. The van der Waals surface area contributed by atoms with Crippen LogP contribution in [-0.2, 0) is 16.0 Å². The van der Waals surface area contributed by atoms with Crippen molar-refractivity contribution in [3.05, 3.63) is 50.2 Å². The van der Waals surface area contributed by atoms with E-state index in [1.54, 1.807) is 15.9 Å². The van der Waals surface area contributed by atoms with Gasteiger partial charge >= 0.3 is 6.18 Å². The van der Waals surface area contributed by atoms with Crippen LogP contribution in [0.3, 0.4) is 0 Å². The van der Waals surface area contributed by atoms with E-state index in [1.807, 2.05) is 22.6 Å². The van der Waals surface area contributed by atoms with E-state index in [2.05, 4.69) is 4.98 Å². The summed E-state index contributed by atoms with van der Waals surface area (Å²) in [5, 5.41) is -0.111. The minimum atomic E-state index is -4.53. The van der Waals surface area contributed by atoms with Gasteiger partial charge in [0, 0.05) is 42.2 Å². The Balaban J connectivity index is 1.74. The first-order valence-corrected chi connectivity index (χ1v) is 12.0. The van der Waals surface area contributed by atoms with E-state index in [9.17, 15) is 26.4 Å². The lowest BCUT2D eigenvalue weighted by molar-refractivity contribution is -0.137. The van der Waals surface area contributed by atoms with Gasteiger partial charge in [0.1, 0.15) is 5.82 Å². The first kappa shape index (κ1) is 23.1. The molecule has 0 atom stereocenters. The molecule has 2 heterocycles. The van der Waals surface area contributed by atoms with Gasteiger partial charge in [-0.25, -0.2) is 13.4 Å². The molecule has 0 saturated carbocycles. The van der Waals surface area contributed by atoms with Gasteiger partial charge < -0.3 is 9.80 Å². The van der Waals surface area contributed by atoms with Crippen molar-refractivity contribution < 1.29 is 26.4 Å². The van der Waals surface area contributed by atoms with Crippen LogP contribution in [-0.4, -0.2) is 56.6 Å². The standard InChI is InChI=1S/C18H16ClF3IN3O3S/c1-30(28,29)12-2-3-15(23)13(9-12)17(27)26-6-4-25(5-7-26)16-14(19)8-11(10-24-16)18(20,21)22/h2-3,8-10H,4-7H2,1H3. The van der Waals surface area contributed by atoms with Crippen molar-refractivity contribution in [2.75, 3.05) is 37.3 Å². The number of nitrogens with zero attached hydrogens (tertiary/aromatic N) is 3. The maximum Gasteiger partial charge on any atom is 0.417 e. The number of amides is 1. The molecule has 1 aliphatic rings. The van der Waals surface area contributed by atoms with Crippen LogP contribution in [0.1, 0.15) is 15.9 Å². The highest BCUT2D eigenvalue weighted by atomic mass is 127. The molecule has 1 aromatic heterocycles. The monoisotopic (exact) mass is 573 g/mol. The Kier molecular flexibility index (Phi) is 6.54. The van der Waals surface area contributed by atoms with Crippen molar-refractivity contribution in [3.8, 4) is 0 Å². The van der Waals surface area contributed by atoms with Gasteiger partial charge in [-0.15, -0.1) is 0 Å². The smallest absolute Gasteiger partial charge is 0.352 e. The predicted molar refractivity (Wildman–Crippen MR) is 115 cm³/mol. The second-order valence-electron chi connectivity index (χ2n) is 6.72. The molecule has 1 amide bonds. The number of aromatic nitrogens is 1. The minimum absolute atomic E-state index is 0.0608. The summed E-state index contributed by atoms with van der Waals surface area (Å²) < 4.78 is 62.6. The highest BCUT2D eigenvalue weighted by Crippen LogP contribution is 2.33. The van der Waals surface area contributed by atoms with Crippen molar-refractivity contribution in [3.63, 3.8) is 0 Å². The molecule has 0 N–H and O–H groups in total. The fourth-order valence-electron chi connectivity index (χ4n) is 3.01. The zero-order valence-electron chi connectivity index (χ0n) is 15.6. The van der Waals surface area contributed by atoms with Gasteiger partial charge in [-0.1, -0.05) is 11.6 Å². The molecule has 12 heteroatoms. The highest BCUT2D eigenvalue weighted by Gasteiger charge is 2.32. The van der Waals surface area contributed by atoms with E-state index in [4.69, 9.17) is 11.6 Å². The van der Waals surface area contributed by atoms with Crippen LogP contribution >= 0.6 is 34.2 Å². The quantitative estimate of drug-likeness (QED) is 0.524. The topological polar surface area (TPSA) is 70.6 Å². The molecule has 2 aromatic rings. The first-order chi connectivity index (χ1) is 13.9. The normalized spacial score (nSPS) is 15.4. The molecule has 0 unspecified atom stereocenters. The number of carbonyl (C=O) groups is 1. The molecule has 0 radical (unpaired) electrons. The Morgan fingerprint density at radius 3 is 2.33 bits per heavy atom. The SMILES string of the molecule is CS(=O)(=O)c1ccc(I)c(C(=O)N2CCN(c3ncc(C(F)(F)F)cc3Cl)CC2)c1. The molecule has 1 fully saturated rings. The number of anilines is 1. The molecule has 0 aliphatic carbocycles. The summed E-state index contributed by atoms with van der Waals surface area (Å²) in [7, 11) is -3.46. The van der Waals surface area contributed by atoms with Crippen molar-refractivity contribution in [2.24, 2.45) is 0 Å². The van der Waals surface area contributed by atoms with Gasteiger partial charge in [-0.2, -0.15) is 13.2 Å².